The Morgan fingerprint density at radius 3 is 2.74 bits per heavy atom. The van der Waals surface area contributed by atoms with Crippen LogP contribution in [-0.4, -0.2) is 63.7 Å². The standard InChI is InChI=1S/C31H36F3N7O2/c1-30(2)11-15-39(3)25-16-19(8-9-21(25)30)36-27-20-10-14-41(28-22(31(32,33)34)6-4-12-35-28)17-23(20)37-26(38-27)18-40-13-5-7-24(40)29(42)43/h4,6,8-9,12,16,24H,5,7,10-11,13-15,17-18H2,1-3H3,(H,42,43)(H,36,37,38). The molecule has 1 atom stereocenters. The molecule has 228 valence electrons. The van der Waals surface area contributed by atoms with Crippen LogP contribution in [0, 0.1) is 0 Å². The van der Waals surface area contributed by atoms with E-state index >= 15 is 0 Å². The SMILES string of the molecule is CN1CCC(C)(C)c2ccc(Nc3nc(CN4CCCC4C(=O)O)nc4c3CCN(c3ncccc3C(F)(F)F)C4)cc21. The van der Waals surface area contributed by atoms with Crippen LogP contribution < -0.4 is 15.1 Å². The number of aromatic nitrogens is 3. The van der Waals surface area contributed by atoms with Crippen molar-refractivity contribution in [1.29, 1.82) is 0 Å². The Labute approximate surface area is 248 Å². The van der Waals surface area contributed by atoms with Crippen molar-refractivity contribution in [1.82, 2.24) is 19.9 Å². The van der Waals surface area contributed by atoms with Crippen LogP contribution in [0.3, 0.4) is 0 Å². The largest absolute Gasteiger partial charge is 0.480 e. The second kappa shape index (κ2) is 11.0. The Morgan fingerprint density at radius 1 is 1.16 bits per heavy atom. The molecule has 0 amide bonds. The molecule has 43 heavy (non-hydrogen) atoms. The van der Waals surface area contributed by atoms with E-state index in [9.17, 15) is 23.1 Å². The van der Waals surface area contributed by atoms with E-state index in [4.69, 9.17) is 9.97 Å². The molecule has 3 aliphatic heterocycles. The zero-order chi connectivity index (χ0) is 30.5. The van der Waals surface area contributed by atoms with Crippen LogP contribution in [0.4, 0.5) is 36.2 Å². The van der Waals surface area contributed by atoms with Crippen LogP contribution in [0.1, 0.15) is 61.3 Å². The van der Waals surface area contributed by atoms with Crippen LogP contribution in [0.2, 0.25) is 0 Å². The molecule has 1 aromatic carbocycles. The first-order chi connectivity index (χ1) is 20.4. The number of hydrogen-bond acceptors (Lipinski definition) is 8. The van der Waals surface area contributed by atoms with Crippen LogP contribution in [0.5, 0.6) is 0 Å². The highest BCUT2D eigenvalue weighted by molar-refractivity contribution is 5.74. The van der Waals surface area contributed by atoms with Crippen molar-refractivity contribution in [3.8, 4) is 0 Å². The number of anilines is 4. The maximum absolute atomic E-state index is 13.8. The second-order valence-corrected chi connectivity index (χ2v) is 12.3. The summed E-state index contributed by atoms with van der Waals surface area (Å²) in [5.41, 5.74) is 4.00. The molecule has 2 N–H and O–H groups in total. The predicted octanol–water partition coefficient (Wildman–Crippen LogP) is 5.36. The summed E-state index contributed by atoms with van der Waals surface area (Å²) in [5.74, 6) is 0.0297. The van der Waals surface area contributed by atoms with Gasteiger partial charge in [0.2, 0.25) is 0 Å². The van der Waals surface area contributed by atoms with Gasteiger partial charge in [0.05, 0.1) is 24.3 Å². The molecule has 0 radical (unpaired) electrons. The first kappa shape index (κ1) is 29.2. The van der Waals surface area contributed by atoms with E-state index in [1.165, 1.54) is 17.8 Å². The maximum Gasteiger partial charge on any atom is 0.419 e. The summed E-state index contributed by atoms with van der Waals surface area (Å²) in [7, 11) is 2.08. The predicted molar refractivity (Wildman–Crippen MR) is 158 cm³/mol. The third-order valence-electron chi connectivity index (χ3n) is 8.97. The number of aliphatic carboxylic acids is 1. The van der Waals surface area contributed by atoms with Crippen molar-refractivity contribution in [3.63, 3.8) is 0 Å². The van der Waals surface area contributed by atoms with Gasteiger partial charge in [0.15, 0.2) is 0 Å². The summed E-state index contributed by atoms with van der Waals surface area (Å²) >= 11 is 0. The lowest BCUT2D eigenvalue weighted by atomic mass is 9.78. The number of halogens is 3. The molecule has 6 rings (SSSR count). The molecule has 1 saturated heterocycles. The van der Waals surface area contributed by atoms with Gasteiger partial charge in [-0.1, -0.05) is 19.9 Å². The number of nitrogens with zero attached hydrogens (tertiary/aromatic N) is 6. The number of benzene rings is 1. The number of alkyl halides is 3. The number of carboxylic acids is 1. The van der Waals surface area contributed by atoms with Gasteiger partial charge < -0.3 is 20.2 Å². The summed E-state index contributed by atoms with van der Waals surface area (Å²) in [5, 5.41) is 13.2. The highest BCUT2D eigenvalue weighted by atomic mass is 19.4. The minimum atomic E-state index is -4.54. The minimum absolute atomic E-state index is 0.0578. The molecule has 1 unspecified atom stereocenters. The number of likely N-dealkylation sites (tertiary alicyclic amines) is 1. The second-order valence-electron chi connectivity index (χ2n) is 12.3. The molecule has 0 spiro atoms. The average molecular weight is 596 g/mol. The molecule has 0 aliphatic carbocycles. The topological polar surface area (TPSA) is 97.7 Å². The first-order valence-corrected chi connectivity index (χ1v) is 14.7. The van der Waals surface area contributed by atoms with Crippen molar-refractivity contribution in [2.24, 2.45) is 0 Å². The van der Waals surface area contributed by atoms with Gasteiger partial charge in [-0.3, -0.25) is 9.69 Å². The highest BCUT2D eigenvalue weighted by Crippen LogP contribution is 2.41. The number of rotatable bonds is 6. The Kier molecular flexibility index (Phi) is 7.44. The molecule has 0 bridgehead atoms. The van der Waals surface area contributed by atoms with E-state index in [0.717, 1.165) is 42.4 Å². The summed E-state index contributed by atoms with van der Waals surface area (Å²) in [6.45, 7) is 6.74. The number of pyridine rings is 1. The van der Waals surface area contributed by atoms with E-state index in [-0.39, 0.29) is 24.3 Å². The number of hydrogen-bond donors (Lipinski definition) is 2. The molecule has 12 heteroatoms. The Balaban J connectivity index is 1.37. The van der Waals surface area contributed by atoms with Gasteiger partial charge in [0.1, 0.15) is 23.5 Å². The summed E-state index contributed by atoms with van der Waals surface area (Å²) in [6, 6.07) is 8.01. The molecule has 1 fully saturated rings. The number of fused-ring (bicyclic) bond motifs is 2. The fraction of sp³-hybridized carbons (Fsp3) is 0.484. The van der Waals surface area contributed by atoms with E-state index in [1.807, 2.05) is 11.0 Å². The maximum atomic E-state index is 13.8. The van der Waals surface area contributed by atoms with E-state index in [1.54, 1.807) is 4.90 Å². The molecule has 3 aliphatic rings. The van der Waals surface area contributed by atoms with Crippen molar-refractivity contribution < 1.29 is 23.1 Å². The smallest absolute Gasteiger partial charge is 0.419 e. The number of nitrogens with one attached hydrogen (secondary N) is 1. The van der Waals surface area contributed by atoms with Crippen LogP contribution in [-0.2, 0) is 35.9 Å². The van der Waals surface area contributed by atoms with Crippen molar-refractivity contribution in [2.75, 3.05) is 41.8 Å². The Morgan fingerprint density at radius 2 is 1.98 bits per heavy atom. The molecular formula is C31H36F3N7O2. The van der Waals surface area contributed by atoms with E-state index < -0.39 is 23.8 Å². The Hall–Kier alpha value is -3.93. The highest BCUT2D eigenvalue weighted by Gasteiger charge is 2.37. The third-order valence-corrected chi connectivity index (χ3v) is 8.97. The minimum Gasteiger partial charge on any atom is -0.480 e. The van der Waals surface area contributed by atoms with Gasteiger partial charge in [-0.15, -0.1) is 0 Å². The lowest BCUT2D eigenvalue weighted by molar-refractivity contribution is -0.142. The number of carbonyl (C=O) groups is 1. The van der Waals surface area contributed by atoms with Gasteiger partial charge in [-0.2, -0.15) is 13.2 Å². The van der Waals surface area contributed by atoms with Gasteiger partial charge in [0.25, 0.3) is 0 Å². The third kappa shape index (κ3) is 5.72. The molecule has 9 nitrogen and oxygen atoms in total. The molecule has 0 saturated carbocycles. The van der Waals surface area contributed by atoms with Gasteiger partial charge >= 0.3 is 12.1 Å². The molecular weight excluding hydrogens is 559 g/mol. The zero-order valence-corrected chi connectivity index (χ0v) is 24.6. The fourth-order valence-electron chi connectivity index (χ4n) is 6.52. The van der Waals surface area contributed by atoms with Crippen molar-refractivity contribution in [3.05, 3.63) is 64.7 Å². The van der Waals surface area contributed by atoms with Gasteiger partial charge in [-0.05, 0) is 67.5 Å². The quantitative estimate of drug-likeness (QED) is 0.390. The van der Waals surface area contributed by atoms with Crippen molar-refractivity contribution in [2.45, 2.75) is 70.3 Å². The zero-order valence-electron chi connectivity index (χ0n) is 24.6. The van der Waals surface area contributed by atoms with Crippen LogP contribution >= 0.6 is 0 Å². The van der Waals surface area contributed by atoms with E-state index in [2.05, 4.69) is 48.2 Å². The Bertz CT molecular complexity index is 1540. The molecule has 2 aromatic heterocycles. The lowest BCUT2D eigenvalue weighted by Crippen LogP contribution is -2.37. The molecule has 5 heterocycles. The summed E-state index contributed by atoms with van der Waals surface area (Å²) in [4.78, 5) is 31.3. The normalized spacial score (nSPS) is 20.1. The van der Waals surface area contributed by atoms with Gasteiger partial charge in [0, 0.05) is 43.3 Å². The first-order valence-electron chi connectivity index (χ1n) is 14.7. The molecule has 3 aromatic rings. The summed E-state index contributed by atoms with van der Waals surface area (Å²) < 4.78 is 41.5. The average Bonchev–Trinajstić information content (AvgIpc) is 3.43. The van der Waals surface area contributed by atoms with Gasteiger partial charge in [-0.25, -0.2) is 15.0 Å². The van der Waals surface area contributed by atoms with Crippen LogP contribution in [0.15, 0.2) is 36.5 Å². The summed E-state index contributed by atoms with van der Waals surface area (Å²) in [6.07, 6.45) is -0.374. The number of carboxylic acid groups (broad SMARTS) is 1. The lowest BCUT2D eigenvalue weighted by Gasteiger charge is -2.38. The van der Waals surface area contributed by atoms with Crippen LogP contribution in [0.25, 0.3) is 0 Å². The van der Waals surface area contributed by atoms with E-state index in [0.29, 0.717) is 43.3 Å². The monoisotopic (exact) mass is 595 g/mol. The fourth-order valence-corrected chi connectivity index (χ4v) is 6.52. The van der Waals surface area contributed by atoms with Crippen molar-refractivity contribution >= 4 is 29.0 Å².